The van der Waals surface area contributed by atoms with Gasteiger partial charge in [-0.2, -0.15) is 0 Å². The Balaban J connectivity index is 1.57. The van der Waals surface area contributed by atoms with Gasteiger partial charge in [0.05, 0.1) is 23.5 Å². The summed E-state index contributed by atoms with van der Waals surface area (Å²) >= 11 is 1.27. The molecule has 1 N–H and O–H groups in total. The summed E-state index contributed by atoms with van der Waals surface area (Å²) in [5, 5.41) is 0.526. The van der Waals surface area contributed by atoms with E-state index in [-0.39, 0.29) is 17.2 Å². The van der Waals surface area contributed by atoms with Gasteiger partial charge in [0.2, 0.25) is 5.91 Å². The van der Waals surface area contributed by atoms with Crippen LogP contribution in [-0.2, 0) is 11.8 Å². The number of carbonyl (C=O) groups excluding carboxylic acids is 1. The fourth-order valence-electron chi connectivity index (χ4n) is 3.18. The Labute approximate surface area is 160 Å². The summed E-state index contributed by atoms with van der Waals surface area (Å²) < 4.78 is 7.12. The second-order valence-electron chi connectivity index (χ2n) is 6.62. The monoisotopic (exact) mass is 384 g/mol. The van der Waals surface area contributed by atoms with Gasteiger partial charge in [-0.15, -0.1) is 0 Å². The number of thioether (sulfide) groups is 1. The maximum Gasteiger partial charge on any atom is 0.278 e. The van der Waals surface area contributed by atoms with Crippen LogP contribution in [0, 0.1) is 13.8 Å². The van der Waals surface area contributed by atoms with E-state index >= 15 is 0 Å². The number of H-pyrrole nitrogens is 1. The van der Waals surface area contributed by atoms with Crippen molar-refractivity contribution in [2.45, 2.75) is 19.0 Å². The summed E-state index contributed by atoms with van der Waals surface area (Å²) in [6, 6.07) is 7.66. The van der Waals surface area contributed by atoms with Crippen LogP contribution < -0.4 is 15.2 Å². The van der Waals surface area contributed by atoms with Crippen molar-refractivity contribution in [1.82, 2.24) is 14.5 Å². The lowest BCUT2D eigenvalue weighted by Gasteiger charge is -2.29. The van der Waals surface area contributed by atoms with Crippen molar-refractivity contribution in [3.63, 3.8) is 0 Å². The number of carbonyl (C=O) groups is 1. The molecule has 140 valence electrons. The summed E-state index contributed by atoms with van der Waals surface area (Å²) in [7, 11) is 1.67. The molecule has 0 saturated carbocycles. The molecule has 1 aromatic carbocycles. The first-order valence-electron chi connectivity index (χ1n) is 8.67. The number of aromatic amines is 1. The molecule has 1 amide bonds. The first kappa shape index (κ1) is 17.7. The van der Waals surface area contributed by atoms with E-state index < -0.39 is 0 Å². The van der Waals surface area contributed by atoms with Crippen LogP contribution in [0.4, 0.5) is 5.69 Å². The van der Waals surface area contributed by atoms with Gasteiger partial charge in [-0.05, 0) is 37.6 Å². The third-order valence-corrected chi connectivity index (χ3v) is 5.57. The summed E-state index contributed by atoms with van der Waals surface area (Å²) in [4.78, 5) is 34.6. The molecule has 1 aliphatic heterocycles. The first-order valence-corrected chi connectivity index (χ1v) is 9.65. The molecule has 0 fully saturated rings. The molecule has 0 radical (unpaired) electrons. The maximum atomic E-state index is 12.8. The molecular formula is C19H20N4O3S. The van der Waals surface area contributed by atoms with Crippen LogP contribution in [0.3, 0.4) is 0 Å². The Bertz CT molecular complexity index is 1100. The van der Waals surface area contributed by atoms with E-state index in [1.54, 1.807) is 11.9 Å². The maximum absolute atomic E-state index is 12.8. The van der Waals surface area contributed by atoms with Gasteiger partial charge >= 0.3 is 0 Å². The number of aryl methyl sites for hydroxylation is 2. The number of fused-ring (bicyclic) bond motifs is 2. The third kappa shape index (κ3) is 3.21. The van der Waals surface area contributed by atoms with Crippen molar-refractivity contribution in [2.75, 3.05) is 23.8 Å². The highest BCUT2D eigenvalue weighted by atomic mass is 32.2. The largest absolute Gasteiger partial charge is 0.490 e. The minimum absolute atomic E-state index is 0.0326. The normalized spacial score (nSPS) is 13.5. The number of rotatable bonds is 3. The predicted molar refractivity (Wildman–Crippen MR) is 106 cm³/mol. The number of hydrogen-bond donors (Lipinski definition) is 1. The van der Waals surface area contributed by atoms with Gasteiger partial charge in [-0.1, -0.05) is 17.8 Å². The van der Waals surface area contributed by atoms with Gasteiger partial charge in [0, 0.05) is 12.7 Å². The number of benzene rings is 1. The van der Waals surface area contributed by atoms with E-state index in [4.69, 9.17) is 4.74 Å². The number of hydrogen-bond acceptors (Lipinski definition) is 5. The quantitative estimate of drug-likeness (QED) is 0.554. The van der Waals surface area contributed by atoms with E-state index in [1.165, 1.54) is 16.3 Å². The van der Waals surface area contributed by atoms with Gasteiger partial charge in [0.15, 0.2) is 5.16 Å². The Hall–Kier alpha value is -2.74. The standard InChI is InChI=1S/C19H20N4O3S/c1-11-4-5-15-14(8-11)23(6-7-26-15)16(24)10-27-19-21-13-9-12(2)20-17(13)18(25)22(19)3/h4-5,8-9,20H,6-7,10H2,1-3H3. The van der Waals surface area contributed by atoms with Crippen molar-refractivity contribution < 1.29 is 9.53 Å². The van der Waals surface area contributed by atoms with Gasteiger partial charge in [-0.3, -0.25) is 14.2 Å². The minimum atomic E-state index is -0.143. The Morgan fingerprint density at radius 2 is 2.15 bits per heavy atom. The average molecular weight is 384 g/mol. The number of nitrogens with one attached hydrogen (secondary N) is 1. The number of aromatic nitrogens is 3. The molecule has 3 heterocycles. The third-order valence-electron chi connectivity index (χ3n) is 4.56. The van der Waals surface area contributed by atoms with Crippen LogP contribution in [0.1, 0.15) is 11.3 Å². The summed E-state index contributed by atoms with van der Waals surface area (Å²) in [5.41, 5.74) is 3.72. The topological polar surface area (TPSA) is 80.2 Å². The van der Waals surface area contributed by atoms with Crippen LogP contribution in [0.5, 0.6) is 5.75 Å². The molecule has 1 aliphatic rings. The van der Waals surface area contributed by atoms with Crippen LogP contribution in [0.15, 0.2) is 34.2 Å². The summed E-state index contributed by atoms with van der Waals surface area (Å²) in [6.45, 7) is 4.85. The highest BCUT2D eigenvalue weighted by Gasteiger charge is 2.24. The summed E-state index contributed by atoms with van der Waals surface area (Å²) in [5.74, 6) is 0.887. The Morgan fingerprint density at radius 1 is 1.33 bits per heavy atom. The SMILES string of the molecule is Cc1ccc2c(c1)N(C(=O)CSc1nc3cc(C)[nH]c3c(=O)n1C)CCO2. The van der Waals surface area contributed by atoms with E-state index in [9.17, 15) is 9.59 Å². The van der Waals surface area contributed by atoms with Crippen LogP contribution >= 0.6 is 11.8 Å². The zero-order valence-corrected chi connectivity index (χ0v) is 16.2. The van der Waals surface area contributed by atoms with Gasteiger partial charge < -0.3 is 14.6 Å². The minimum Gasteiger partial charge on any atom is -0.490 e. The molecule has 8 heteroatoms. The number of nitrogens with zero attached hydrogens (tertiary/aromatic N) is 3. The van der Waals surface area contributed by atoms with Crippen molar-refractivity contribution in [2.24, 2.45) is 7.05 Å². The lowest BCUT2D eigenvalue weighted by Crippen LogP contribution is -2.39. The van der Waals surface area contributed by atoms with Crippen molar-refractivity contribution >= 4 is 34.4 Å². The number of anilines is 1. The van der Waals surface area contributed by atoms with Crippen molar-refractivity contribution in [3.05, 3.63) is 45.9 Å². The molecule has 0 atom stereocenters. The molecule has 0 spiro atoms. The molecule has 27 heavy (non-hydrogen) atoms. The highest BCUT2D eigenvalue weighted by Crippen LogP contribution is 2.33. The lowest BCUT2D eigenvalue weighted by atomic mass is 10.1. The number of amides is 1. The van der Waals surface area contributed by atoms with E-state index in [2.05, 4.69) is 9.97 Å². The Kier molecular flexibility index (Phi) is 4.43. The fourth-order valence-corrected chi connectivity index (χ4v) is 4.03. The van der Waals surface area contributed by atoms with Crippen LogP contribution in [0.2, 0.25) is 0 Å². The molecule has 2 aromatic heterocycles. The molecule has 0 aliphatic carbocycles. The molecule has 7 nitrogen and oxygen atoms in total. The Morgan fingerprint density at radius 3 is 2.96 bits per heavy atom. The van der Waals surface area contributed by atoms with Crippen molar-refractivity contribution in [1.29, 1.82) is 0 Å². The molecular weight excluding hydrogens is 364 g/mol. The van der Waals surface area contributed by atoms with E-state index in [0.29, 0.717) is 29.3 Å². The predicted octanol–water partition coefficient (Wildman–Crippen LogP) is 2.40. The second kappa shape index (κ2) is 6.77. The van der Waals surface area contributed by atoms with Crippen LogP contribution in [0.25, 0.3) is 11.0 Å². The fraction of sp³-hybridized carbons (Fsp3) is 0.316. The smallest absolute Gasteiger partial charge is 0.278 e. The van der Waals surface area contributed by atoms with Crippen LogP contribution in [-0.4, -0.2) is 39.3 Å². The number of ether oxygens (including phenoxy) is 1. The highest BCUT2D eigenvalue weighted by molar-refractivity contribution is 7.99. The van der Waals surface area contributed by atoms with Gasteiger partial charge in [-0.25, -0.2) is 4.98 Å². The second-order valence-corrected chi connectivity index (χ2v) is 7.57. The summed E-state index contributed by atoms with van der Waals surface area (Å²) in [6.07, 6.45) is 0. The van der Waals surface area contributed by atoms with Crippen molar-refractivity contribution in [3.8, 4) is 5.75 Å². The molecule has 0 unspecified atom stereocenters. The zero-order chi connectivity index (χ0) is 19.1. The zero-order valence-electron chi connectivity index (χ0n) is 15.4. The average Bonchev–Trinajstić information content (AvgIpc) is 3.03. The first-order chi connectivity index (χ1) is 12.9. The molecule has 0 saturated heterocycles. The van der Waals surface area contributed by atoms with E-state index in [1.807, 2.05) is 38.1 Å². The molecule has 3 aromatic rings. The lowest BCUT2D eigenvalue weighted by molar-refractivity contribution is -0.116. The van der Waals surface area contributed by atoms with Gasteiger partial charge in [0.1, 0.15) is 17.9 Å². The van der Waals surface area contributed by atoms with Gasteiger partial charge in [0.25, 0.3) is 5.56 Å². The van der Waals surface area contributed by atoms with E-state index in [0.717, 1.165) is 22.7 Å². The molecule has 4 rings (SSSR count). The molecule has 0 bridgehead atoms.